The summed E-state index contributed by atoms with van der Waals surface area (Å²) >= 11 is 1.90. The number of likely N-dealkylation sites (tertiary alicyclic amines) is 1. The molecule has 2 aromatic carbocycles. The van der Waals surface area contributed by atoms with Crippen molar-refractivity contribution in [3.05, 3.63) is 48.5 Å². The molecule has 0 spiro atoms. The van der Waals surface area contributed by atoms with E-state index in [2.05, 4.69) is 65.4 Å². The van der Waals surface area contributed by atoms with Crippen LogP contribution in [0.2, 0.25) is 0 Å². The second-order valence-electron chi connectivity index (χ2n) is 7.10. The first-order chi connectivity index (χ1) is 11.8. The topological polar surface area (TPSA) is 6.48 Å². The molecule has 0 bridgehead atoms. The lowest BCUT2D eigenvalue weighted by Crippen LogP contribution is -2.32. The highest BCUT2D eigenvalue weighted by Gasteiger charge is 2.23. The van der Waals surface area contributed by atoms with E-state index in [0.29, 0.717) is 0 Å². The maximum absolute atomic E-state index is 2.54. The van der Waals surface area contributed by atoms with Gasteiger partial charge in [-0.3, -0.25) is 0 Å². The molecule has 1 saturated heterocycles. The Balaban J connectivity index is 1.48. The quantitative estimate of drug-likeness (QED) is 0.736. The number of piperidine rings is 1. The Bertz CT molecular complexity index is 654. The van der Waals surface area contributed by atoms with Crippen LogP contribution in [0.4, 0.5) is 11.4 Å². The summed E-state index contributed by atoms with van der Waals surface area (Å²) in [7, 11) is 2.26. The number of nitrogens with zero attached hydrogens (tertiary/aromatic N) is 2. The Morgan fingerprint density at radius 2 is 1.67 bits per heavy atom. The van der Waals surface area contributed by atoms with Gasteiger partial charge < -0.3 is 9.80 Å². The summed E-state index contributed by atoms with van der Waals surface area (Å²) in [5, 5.41) is 0. The summed E-state index contributed by atoms with van der Waals surface area (Å²) in [6, 6.07) is 17.7. The molecule has 1 atom stereocenters. The fraction of sp³-hybridized carbons (Fsp3) is 0.429. The fourth-order valence-corrected chi connectivity index (χ4v) is 5.16. The molecule has 24 heavy (non-hydrogen) atoms. The molecule has 2 aliphatic rings. The molecule has 0 amide bonds. The average Bonchev–Trinajstić information content (AvgIpc) is 2.61. The SMILES string of the molecule is CN1CCCC(CCCN2c3ccccc3Sc3ccccc32)C1. The summed E-state index contributed by atoms with van der Waals surface area (Å²) in [4.78, 5) is 7.80. The van der Waals surface area contributed by atoms with E-state index in [1.165, 1.54) is 59.9 Å². The van der Waals surface area contributed by atoms with E-state index in [0.717, 1.165) is 12.5 Å². The fourth-order valence-electron chi connectivity index (χ4n) is 4.07. The molecule has 4 rings (SSSR count). The first-order valence-corrected chi connectivity index (χ1v) is 9.95. The molecule has 126 valence electrons. The molecule has 2 heterocycles. The van der Waals surface area contributed by atoms with Crippen LogP contribution in [-0.2, 0) is 0 Å². The van der Waals surface area contributed by atoms with Crippen LogP contribution in [0.15, 0.2) is 58.3 Å². The minimum absolute atomic E-state index is 0.883. The lowest BCUT2D eigenvalue weighted by atomic mass is 9.93. The Hall–Kier alpha value is -1.45. The summed E-state index contributed by atoms with van der Waals surface area (Å²) in [6.45, 7) is 3.68. The third kappa shape index (κ3) is 3.33. The number of rotatable bonds is 4. The Morgan fingerprint density at radius 3 is 2.33 bits per heavy atom. The number of benzene rings is 2. The molecule has 2 nitrogen and oxygen atoms in total. The molecule has 0 N–H and O–H groups in total. The van der Waals surface area contributed by atoms with E-state index in [1.807, 2.05) is 11.8 Å². The molecule has 3 heteroatoms. The Morgan fingerprint density at radius 1 is 1.00 bits per heavy atom. The summed E-state index contributed by atoms with van der Waals surface area (Å²) in [5.74, 6) is 0.883. The van der Waals surface area contributed by atoms with Crippen LogP contribution >= 0.6 is 11.8 Å². The molecular formula is C21H26N2S. The van der Waals surface area contributed by atoms with Gasteiger partial charge in [0.05, 0.1) is 11.4 Å². The third-order valence-corrected chi connectivity index (χ3v) is 6.38. The van der Waals surface area contributed by atoms with Gasteiger partial charge in [0.15, 0.2) is 0 Å². The molecule has 1 unspecified atom stereocenters. The van der Waals surface area contributed by atoms with Gasteiger partial charge in [-0.15, -0.1) is 0 Å². The van der Waals surface area contributed by atoms with Crippen molar-refractivity contribution in [2.75, 3.05) is 31.6 Å². The lowest BCUT2D eigenvalue weighted by molar-refractivity contribution is 0.200. The molecule has 0 radical (unpaired) electrons. The summed E-state index contributed by atoms with van der Waals surface area (Å²) < 4.78 is 0. The Labute approximate surface area is 149 Å². The van der Waals surface area contributed by atoms with Crippen molar-refractivity contribution in [1.29, 1.82) is 0 Å². The second-order valence-corrected chi connectivity index (χ2v) is 8.19. The van der Waals surface area contributed by atoms with Gasteiger partial charge in [0, 0.05) is 22.9 Å². The maximum atomic E-state index is 2.54. The smallest absolute Gasteiger partial charge is 0.0552 e. The van der Waals surface area contributed by atoms with E-state index in [1.54, 1.807) is 0 Å². The number of hydrogen-bond acceptors (Lipinski definition) is 3. The highest BCUT2D eigenvalue weighted by Crippen LogP contribution is 2.47. The van der Waals surface area contributed by atoms with Gasteiger partial charge >= 0.3 is 0 Å². The van der Waals surface area contributed by atoms with Gasteiger partial charge in [0.1, 0.15) is 0 Å². The number of hydrogen-bond donors (Lipinski definition) is 0. The predicted octanol–water partition coefficient (Wildman–Crippen LogP) is 5.41. The van der Waals surface area contributed by atoms with Crippen LogP contribution in [0.5, 0.6) is 0 Å². The van der Waals surface area contributed by atoms with Crippen molar-refractivity contribution in [2.45, 2.75) is 35.5 Å². The van der Waals surface area contributed by atoms with Crippen molar-refractivity contribution in [1.82, 2.24) is 4.90 Å². The van der Waals surface area contributed by atoms with E-state index >= 15 is 0 Å². The van der Waals surface area contributed by atoms with Crippen LogP contribution in [-0.4, -0.2) is 31.6 Å². The van der Waals surface area contributed by atoms with Crippen molar-refractivity contribution >= 4 is 23.1 Å². The number of anilines is 2. The summed E-state index contributed by atoms with van der Waals surface area (Å²) in [5.41, 5.74) is 2.75. The third-order valence-electron chi connectivity index (χ3n) is 5.25. The van der Waals surface area contributed by atoms with Crippen LogP contribution < -0.4 is 4.90 Å². The van der Waals surface area contributed by atoms with Crippen molar-refractivity contribution in [3.8, 4) is 0 Å². The zero-order valence-corrected chi connectivity index (χ0v) is 15.3. The largest absolute Gasteiger partial charge is 0.340 e. The first kappa shape index (κ1) is 16.0. The monoisotopic (exact) mass is 338 g/mol. The molecule has 0 aliphatic carbocycles. The zero-order chi connectivity index (χ0) is 16.4. The van der Waals surface area contributed by atoms with Crippen LogP contribution in [0, 0.1) is 5.92 Å². The molecule has 1 fully saturated rings. The van der Waals surface area contributed by atoms with Gasteiger partial charge in [-0.25, -0.2) is 0 Å². The predicted molar refractivity (Wildman–Crippen MR) is 103 cm³/mol. The first-order valence-electron chi connectivity index (χ1n) is 9.13. The minimum atomic E-state index is 0.883. The van der Waals surface area contributed by atoms with Gasteiger partial charge in [-0.2, -0.15) is 0 Å². The van der Waals surface area contributed by atoms with E-state index in [4.69, 9.17) is 0 Å². The number of fused-ring (bicyclic) bond motifs is 2. The van der Waals surface area contributed by atoms with Crippen molar-refractivity contribution in [2.24, 2.45) is 5.92 Å². The average molecular weight is 339 g/mol. The molecule has 2 aliphatic heterocycles. The lowest BCUT2D eigenvalue weighted by Gasteiger charge is -2.34. The second kappa shape index (κ2) is 7.20. The van der Waals surface area contributed by atoms with E-state index in [-0.39, 0.29) is 0 Å². The van der Waals surface area contributed by atoms with Crippen LogP contribution in [0.1, 0.15) is 25.7 Å². The molecule has 2 aromatic rings. The standard InChI is InChI=1S/C21H26N2S/c1-22-14-6-8-17(16-22)9-7-15-23-18-10-2-4-12-20(18)24-21-13-5-3-11-19(21)23/h2-5,10-13,17H,6-9,14-16H2,1H3. The molecule has 0 saturated carbocycles. The molecular weight excluding hydrogens is 312 g/mol. The van der Waals surface area contributed by atoms with Gasteiger partial charge in [0.2, 0.25) is 0 Å². The highest BCUT2D eigenvalue weighted by atomic mass is 32.2. The normalized spacial score (nSPS) is 20.5. The molecule has 0 aromatic heterocycles. The van der Waals surface area contributed by atoms with E-state index in [9.17, 15) is 0 Å². The van der Waals surface area contributed by atoms with Crippen LogP contribution in [0.25, 0.3) is 0 Å². The summed E-state index contributed by atoms with van der Waals surface area (Å²) in [6.07, 6.45) is 5.39. The minimum Gasteiger partial charge on any atom is -0.340 e. The van der Waals surface area contributed by atoms with Crippen molar-refractivity contribution in [3.63, 3.8) is 0 Å². The van der Waals surface area contributed by atoms with Gasteiger partial charge in [-0.1, -0.05) is 36.0 Å². The number of para-hydroxylation sites is 2. The van der Waals surface area contributed by atoms with Gasteiger partial charge in [0.25, 0.3) is 0 Å². The zero-order valence-electron chi connectivity index (χ0n) is 14.4. The Kier molecular flexibility index (Phi) is 4.81. The highest BCUT2D eigenvalue weighted by molar-refractivity contribution is 7.99. The maximum Gasteiger partial charge on any atom is 0.0552 e. The van der Waals surface area contributed by atoms with Crippen molar-refractivity contribution < 1.29 is 0 Å². The van der Waals surface area contributed by atoms with Gasteiger partial charge in [-0.05, 0) is 69.5 Å². The van der Waals surface area contributed by atoms with E-state index < -0.39 is 0 Å². The van der Waals surface area contributed by atoms with Crippen LogP contribution in [0.3, 0.4) is 0 Å².